The molecule has 1 heterocycles. The maximum Gasteiger partial charge on any atom is 0.239 e. The largest absolute Gasteiger partial charge is 0.476 e. The number of hydrogen-bond acceptors (Lipinski definition) is 5. The molecule has 0 unspecified atom stereocenters. The van der Waals surface area contributed by atoms with Crippen LogP contribution in [0.3, 0.4) is 0 Å². The lowest BCUT2D eigenvalue weighted by Crippen LogP contribution is -2.10. The van der Waals surface area contributed by atoms with Gasteiger partial charge in [0.25, 0.3) is 0 Å². The first kappa shape index (κ1) is 15.9. The summed E-state index contributed by atoms with van der Waals surface area (Å²) in [5, 5.41) is 3.28. The van der Waals surface area contributed by atoms with E-state index in [9.17, 15) is 0 Å². The molecule has 1 aliphatic rings. The van der Waals surface area contributed by atoms with Crippen molar-refractivity contribution in [3.05, 3.63) is 12.1 Å². The summed E-state index contributed by atoms with van der Waals surface area (Å²) in [5.41, 5.74) is 6.45. The minimum Gasteiger partial charge on any atom is -0.476 e. The van der Waals surface area contributed by atoms with Gasteiger partial charge in [-0.2, -0.15) is 4.98 Å². The second-order valence-electron chi connectivity index (χ2n) is 6.09. The first-order valence-corrected chi connectivity index (χ1v) is 7.86. The summed E-state index contributed by atoms with van der Waals surface area (Å²) in [4.78, 5) is 4.40. The van der Waals surface area contributed by atoms with Gasteiger partial charge < -0.3 is 20.5 Å². The van der Waals surface area contributed by atoms with Crippen LogP contribution in [0.2, 0.25) is 0 Å². The lowest BCUT2D eigenvalue weighted by Gasteiger charge is -2.12. The van der Waals surface area contributed by atoms with Gasteiger partial charge in [-0.3, -0.25) is 0 Å². The molecule has 0 aliphatic heterocycles. The highest BCUT2D eigenvalue weighted by molar-refractivity contribution is 5.53. The maximum atomic E-state index is 5.87. The molecule has 21 heavy (non-hydrogen) atoms. The number of nitrogen functional groups attached to an aromatic ring is 1. The molecule has 0 saturated heterocycles. The van der Waals surface area contributed by atoms with Gasteiger partial charge in [-0.25, -0.2) is 0 Å². The van der Waals surface area contributed by atoms with Gasteiger partial charge in [0, 0.05) is 19.8 Å². The third-order valence-electron chi connectivity index (χ3n) is 3.27. The van der Waals surface area contributed by atoms with Crippen LogP contribution in [0.1, 0.15) is 33.1 Å². The second kappa shape index (κ2) is 8.08. The van der Waals surface area contributed by atoms with Crippen molar-refractivity contribution in [3.8, 4) is 5.88 Å². The second-order valence-corrected chi connectivity index (χ2v) is 6.09. The quantitative estimate of drug-likeness (QED) is 0.649. The van der Waals surface area contributed by atoms with Crippen LogP contribution in [0, 0.1) is 11.8 Å². The zero-order valence-electron chi connectivity index (χ0n) is 13.1. The molecule has 0 aromatic carbocycles. The summed E-state index contributed by atoms with van der Waals surface area (Å²) in [6.07, 6.45) is 3.65. The Labute approximate surface area is 127 Å². The first-order chi connectivity index (χ1) is 10.1. The van der Waals surface area contributed by atoms with Crippen molar-refractivity contribution in [1.82, 2.24) is 4.98 Å². The number of rotatable bonds is 10. The van der Waals surface area contributed by atoms with Gasteiger partial charge in [-0.15, -0.1) is 0 Å². The van der Waals surface area contributed by atoms with E-state index in [1.807, 2.05) is 12.1 Å². The van der Waals surface area contributed by atoms with Gasteiger partial charge in [0.15, 0.2) is 0 Å². The molecule has 3 N–H and O–H groups in total. The number of aromatic nitrogens is 1. The van der Waals surface area contributed by atoms with Crippen molar-refractivity contribution in [2.24, 2.45) is 11.8 Å². The third kappa shape index (κ3) is 6.21. The number of ether oxygens (including phenoxy) is 2. The van der Waals surface area contributed by atoms with Crippen molar-refractivity contribution in [3.63, 3.8) is 0 Å². The Bertz CT molecular complexity index is 434. The maximum absolute atomic E-state index is 5.87. The molecule has 1 fully saturated rings. The Balaban J connectivity index is 1.67. The zero-order valence-corrected chi connectivity index (χ0v) is 13.1. The van der Waals surface area contributed by atoms with E-state index in [4.69, 9.17) is 15.2 Å². The molecule has 0 amide bonds. The van der Waals surface area contributed by atoms with Crippen molar-refractivity contribution >= 4 is 11.5 Å². The molecule has 1 saturated carbocycles. The van der Waals surface area contributed by atoms with Crippen LogP contribution in [0.5, 0.6) is 5.88 Å². The van der Waals surface area contributed by atoms with E-state index in [2.05, 4.69) is 24.1 Å². The summed E-state index contributed by atoms with van der Waals surface area (Å²) in [5.74, 6) is 2.59. The van der Waals surface area contributed by atoms with Crippen molar-refractivity contribution in [2.45, 2.75) is 33.1 Å². The highest BCUT2D eigenvalue weighted by atomic mass is 16.5. The Hall–Kier alpha value is -1.49. The lowest BCUT2D eigenvalue weighted by atomic mass is 10.2. The SMILES string of the molecule is CC(C)COc1nc(NCCCOCC2CC2)ccc1N. The number of nitrogens with zero attached hydrogens (tertiary/aromatic N) is 1. The van der Waals surface area contributed by atoms with E-state index >= 15 is 0 Å². The normalized spacial score (nSPS) is 14.4. The predicted octanol–water partition coefficient (Wildman–Crippen LogP) is 2.93. The number of hydrogen-bond donors (Lipinski definition) is 2. The smallest absolute Gasteiger partial charge is 0.239 e. The highest BCUT2D eigenvalue weighted by Gasteiger charge is 2.20. The number of pyridine rings is 1. The lowest BCUT2D eigenvalue weighted by molar-refractivity contribution is 0.124. The summed E-state index contributed by atoms with van der Waals surface area (Å²) in [6.45, 7) is 7.38. The standard InChI is InChI=1S/C16H27N3O2/c1-12(2)10-21-16-14(17)6-7-15(19-16)18-8-3-9-20-11-13-4-5-13/h6-7,12-13H,3-5,8-11,17H2,1-2H3,(H,18,19). The highest BCUT2D eigenvalue weighted by Crippen LogP contribution is 2.28. The predicted molar refractivity (Wildman–Crippen MR) is 85.6 cm³/mol. The Morgan fingerprint density at radius 1 is 1.38 bits per heavy atom. The Morgan fingerprint density at radius 3 is 2.90 bits per heavy atom. The molecule has 118 valence electrons. The molecule has 0 atom stereocenters. The molecule has 0 radical (unpaired) electrons. The molecule has 0 spiro atoms. The minimum atomic E-state index is 0.450. The van der Waals surface area contributed by atoms with Crippen LogP contribution in [0.25, 0.3) is 0 Å². The molecule has 1 aliphatic carbocycles. The molecule has 2 rings (SSSR count). The third-order valence-corrected chi connectivity index (χ3v) is 3.27. The molecule has 1 aromatic heterocycles. The van der Waals surface area contributed by atoms with E-state index in [0.29, 0.717) is 24.1 Å². The average Bonchev–Trinajstić information content (AvgIpc) is 3.27. The van der Waals surface area contributed by atoms with Gasteiger partial charge in [-0.05, 0) is 43.2 Å². The average molecular weight is 293 g/mol. The van der Waals surface area contributed by atoms with Crippen LogP contribution in [-0.4, -0.2) is 31.3 Å². The number of nitrogens with one attached hydrogen (secondary N) is 1. The monoisotopic (exact) mass is 293 g/mol. The summed E-state index contributed by atoms with van der Waals surface area (Å²) < 4.78 is 11.2. The van der Waals surface area contributed by atoms with Crippen LogP contribution in [0.15, 0.2) is 12.1 Å². The van der Waals surface area contributed by atoms with Gasteiger partial charge in [-0.1, -0.05) is 13.8 Å². The molecule has 1 aromatic rings. The molecular formula is C16H27N3O2. The fraction of sp³-hybridized carbons (Fsp3) is 0.688. The van der Waals surface area contributed by atoms with E-state index in [1.165, 1.54) is 12.8 Å². The summed E-state index contributed by atoms with van der Waals surface area (Å²) in [7, 11) is 0. The topological polar surface area (TPSA) is 69.4 Å². The zero-order chi connectivity index (χ0) is 15.1. The van der Waals surface area contributed by atoms with Crippen molar-refractivity contribution < 1.29 is 9.47 Å². The van der Waals surface area contributed by atoms with Crippen LogP contribution in [0.4, 0.5) is 11.5 Å². The van der Waals surface area contributed by atoms with Crippen molar-refractivity contribution in [1.29, 1.82) is 0 Å². The molecular weight excluding hydrogens is 266 g/mol. The fourth-order valence-corrected chi connectivity index (χ4v) is 1.84. The van der Waals surface area contributed by atoms with Crippen LogP contribution in [-0.2, 0) is 4.74 Å². The molecule has 5 heteroatoms. The Morgan fingerprint density at radius 2 is 2.19 bits per heavy atom. The van der Waals surface area contributed by atoms with Gasteiger partial charge in [0.2, 0.25) is 5.88 Å². The van der Waals surface area contributed by atoms with Crippen LogP contribution >= 0.6 is 0 Å². The van der Waals surface area contributed by atoms with E-state index in [0.717, 1.165) is 37.9 Å². The van der Waals surface area contributed by atoms with Gasteiger partial charge in [0.1, 0.15) is 5.82 Å². The molecule has 5 nitrogen and oxygen atoms in total. The minimum absolute atomic E-state index is 0.450. The fourth-order valence-electron chi connectivity index (χ4n) is 1.84. The Kier molecular flexibility index (Phi) is 6.11. The van der Waals surface area contributed by atoms with Gasteiger partial charge >= 0.3 is 0 Å². The first-order valence-electron chi connectivity index (χ1n) is 7.86. The number of nitrogens with two attached hydrogens (primary N) is 1. The summed E-state index contributed by atoms with van der Waals surface area (Å²) >= 11 is 0. The van der Waals surface area contributed by atoms with Gasteiger partial charge in [0.05, 0.1) is 12.3 Å². The van der Waals surface area contributed by atoms with E-state index in [-0.39, 0.29) is 0 Å². The van der Waals surface area contributed by atoms with E-state index < -0.39 is 0 Å². The van der Waals surface area contributed by atoms with Crippen molar-refractivity contribution in [2.75, 3.05) is 37.4 Å². The number of anilines is 2. The molecule has 0 bridgehead atoms. The van der Waals surface area contributed by atoms with Crippen LogP contribution < -0.4 is 15.8 Å². The van der Waals surface area contributed by atoms with E-state index in [1.54, 1.807) is 0 Å². The summed E-state index contributed by atoms with van der Waals surface area (Å²) in [6, 6.07) is 3.71.